The second-order valence-corrected chi connectivity index (χ2v) is 7.43. The first-order valence-corrected chi connectivity index (χ1v) is 9.28. The zero-order valence-corrected chi connectivity index (χ0v) is 15.7. The molecular formula is C20H22N4OS. The van der Waals surface area contributed by atoms with Gasteiger partial charge in [-0.3, -0.25) is 4.79 Å². The number of thioether (sulfide) groups is 1. The maximum Gasteiger partial charge on any atom is 0.235 e. The molecule has 0 spiro atoms. The fourth-order valence-electron chi connectivity index (χ4n) is 2.67. The SMILES string of the molecule is CC(Sc1nc(-c2ccccc2)cn1N)C(=O)N(C)Cc1ccccc1. The predicted molar refractivity (Wildman–Crippen MR) is 106 cm³/mol. The average molecular weight is 366 g/mol. The molecular weight excluding hydrogens is 344 g/mol. The summed E-state index contributed by atoms with van der Waals surface area (Å²) in [6, 6.07) is 19.8. The van der Waals surface area contributed by atoms with Crippen LogP contribution in [-0.4, -0.2) is 32.8 Å². The number of nitrogens with zero attached hydrogens (tertiary/aromatic N) is 3. The molecule has 0 saturated carbocycles. The molecule has 2 aromatic carbocycles. The van der Waals surface area contributed by atoms with Crippen LogP contribution >= 0.6 is 11.8 Å². The van der Waals surface area contributed by atoms with E-state index in [1.54, 1.807) is 11.1 Å². The van der Waals surface area contributed by atoms with Crippen molar-refractivity contribution in [3.8, 4) is 11.3 Å². The van der Waals surface area contributed by atoms with Crippen molar-refractivity contribution < 1.29 is 4.79 Å². The van der Waals surface area contributed by atoms with E-state index < -0.39 is 0 Å². The fourth-order valence-corrected chi connectivity index (χ4v) is 3.59. The van der Waals surface area contributed by atoms with Crippen LogP contribution in [0.2, 0.25) is 0 Å². The van der Waals surface area contributed by atoms with Gasteiger partial charge in [0.15, 0.2) is 5.16 Å². The second kappa shape index (κ2) is 8.10. The number of nitrogens with two attached hydrogens (primary N) is 1. The Morgan fingerprint density at radius 1 is 1.15 bits per heavy atom. The van der Waals surface area contributed by atoms with Gasteiger partial charge in [-0.1, -0.05) is 72.4 Å². The Balaban J connectivity index is 1.66. The molecule has 5 nitrogen and oxygen atoms in total. The molecule has 0 radical (unpaired) electrons. The Kier molecular flexibility index (Phi) is 5.63. The molecule has 134 valence electrons. The quantitative estimate of drug-likeness (QED) is 0.536. The molecule has 1 amide bonds. The minimum Gasteiger partial charge on any atom is -0.340 e. The summed E-state index contributed by atoms with van der Waals surface area (Å²) < 4.78 is 1.48. The van der Waals surface area contributed by atoms with Crippen molar-refractivity contribution in [3.05, 3.63) is 72.4 Å². The fraction of sp³-hybridized carbons (Fsp3) is 0.200. The first-order chi connectivity index (χ1) is 12.5. The summed E-state index contributed by atoms with van der Waals surface area (Å²) in [5.74, 6) is 6.08. The molecule has 0 aliphatic heterocycles. The topological polar surface area (TPSA) is 64.2 Å². The van der Waals surface area contributed by atoms with Gasteiger partial charge < -0.3 is 10.7 Å². The van der Waals surface area contributed by atoms with Crippen molar-refractivity contribution in [2.75, 3.05) is 12.9 Å². The van der Waals surface area contributed by atoms with E-state index in [9.17, 15) is 4.79 Å². The lowest BCUT2D eigenvalue weighted by molar-refractivity contribution is -0.129. The molecule has 0 aliphatic rings. The van der Waals surface area contributed by atoms with Gasteiger partial charge in [0, 0.05) is 19.2 Å². The van der Waals surface area contributed by atoms with Crippen LogP contribution in [-0.2, 0) is 11.3 Å². The molecule has 0 bridgehead atoms. The molecule has 1 heterocycles. The van der Waals surface area contributed by atoms with E-state index in [2.05, 4.69) is 4.98 Å². The summed E-state index contributed by atoms with van der Waals surface area (Å²) in [4.78, 5) is 19.0. The number of imidazole rings is 1. The Morgan fingerprint density at radius 2 is 1.77 bits per heavy atom. The molecule has 3 rings (SSSR count). The van der Waals surface area contributed by atoms with Crippen LogP contribution in [0.15, 0.2) is 72.0 Å². The van der Waals surface area contributed by atoms with E-state index in [1.165, 1.54) is 16.4 Å². The molecule has 1 unspecified atom stereocenters. The highest BCUT2D eigenvalue weighted by atomic mass is 32.2. The van der Waals surface area contributed by atoms with E-state index >= 15 is 0 Å². The Morgan fingerprint density at radius 3 is 2.42 bits per heavy atom. The van der Waals surface area contributed by atoms with Crippen molar-refractivity contribution in [1.82, 2.24) is 14.6 Å². The van der Waals surface area contributed by atoms with E-state index in [1.807, 2.05) is 74.6 Å². The summed E-state index contributed by atoms with van der Waals surface area (Å²) in [5, 5.41) is 0.342. The smallest absolute Gasteiger partial charge is 0.235 e. The maximum absolute atomic E-state index is 12.7. The van der Waals surface area contributed by atoms with E-state index in [0.29, 0.717) is 11.7 Å². The van der Waals surface area contributed by atoms with Crippen LogP contribution < -0.4 is 5.84 Å². The first kappa shape index (κ1) is 18.1. The van der Waals surface area contributed by atoms with E-state index in [4.69, 9.17) is 5.84 Å². The van der Waals surface area contributed by atoms with Crippen LogP contribution in [0.3, 0.4) is 0 Å². The summed E-state index contributed by atoms with van der Waals surface area (Å²) >= 11 is 1.37. The van der Waals surface area contributed by atoms with Crippen LogP contribution in [0, 0.1) is 0 Å². The highest BCUT2D eigenvalue weighted by Gasteiger charge is 2.21. The highest BCUT2D eigenvalue weighted by Crippen LogP contribution is 2.26. The van der Waals surface area contributed by atoms with Gasteiger partial charge in [0.1, 0.15) is 0 Å². The molecule has 6 heteroatoms. The zero-order chi connectivity index (χ0) is 18.5. The van der Waals surface area contributed by atoms with Crippen molar-refractivity contribution >= 4 is 17.7 Å². The molecule has 1 aromatic heterocycles. The summed E-state index contributed by atoms with van der Waals surface area (Å²) in [5.41, 5.74) is 2.90. The minimum atomic E-state index is -0.281. The highest BCUT2D eigenvalue weighted by molar-refractivity contribution is 8.00. The molecule has 3 aromatic rings. The molecule has 2 N–H and O–H groups in total. The predicted octanol–water partition coefficient (Wildman–Crippen LogP) is 3.40. The number of carbonyl (C=O) groups excluding carboxylic acids is 1. The Bertz CT molecular complexity index is 864. The third-order valence-electron chi connectivity index (χ3n) is 4.04. The second-order valence-electron chi connectivity index (χ2n) is 6.12. The third-order valence-corrected chi connectivity index (χ3v) is 5.10. The number of hydrogen-bond acceptors (Lipinski definition) is 4. The number of hydrogen-bond donors (Lipinski definition) is 1. The number of aromatic nitrogens is 2. The van der Waals surface area contributed by atoms with Gasteiger partial charge in [0.25, 0.3) is 0 Å². The van der Waals surface area contributed by atoms with Crippen LogP contribution in [0.25, 0.3) is 11.3 Å². The van der Waals surface area contributed by atoms with Crippen molar-refractivity contribution in [3.63, 3.8) is 0 Å². The van der Waals surface area contributed by atoms with Gasteiger partial charge in [-0.2, -0.15) is 0 Å². The normalized spacial score (nSPS) is 11.9. The first-order valence-electron chi connectivity index (χ1n) is 8.40. The number of carbonyl (C=O) groups is 1. The lowest BCUT2D eigenvalue weighted by Gasteiger charge is -2.21. The standard InChI is InChI=1S/C20H22N4OS/c1-15(19(25)23(2)13-16-9-5-3-6-10-16)26-20-22-18(14-24(20)21)17-11-7-4-8-12-17/h3-12,14-15H,13,21H2,1-2H3. The van der Waals surface area contributed by atoms with Crippen LogP contribution in [0.5, 0.6) is 0 Å². The van der Waals surface area contributed by atoms with Gasteiger partial charge in [0.05, 0.1) is 17.1 Å². The minimum absolute atomic E-state index is 0.0446. The number of benzene rings is 2. The van der Waals surface area contributed by atoms with Crippen molar-refractivity contribution in [2.24, 2.45) is 0 Å². The summed E-state index contributed by atoms with van der Waals surface area (Å²) in [6.45, 7) is 2.46. The largest absolute Gasteiger partial charge is 0.340 e. The number of amides is 1. The summed E-state index contributed by atoms with van der Waals surface area (Å²) in [7, 11) is 1.82. The Hall–Kier alpha value is -2.73. The third kappa shape index (κ3) is 4.26. The zero-order valence-electron chi connectivity index (χ0n) is 14.9. The monoisotopic (exact) mass is 366 g/mol. The van der Waals surface area contributed by atoms with Gasteiger partial charge in [-0.15, -0.1) is 0 Å². The summed E-state index contributed by atoms with van der Waals surface area (Å²) in [6.07, 6.45) is 1.78. The lowest BCUT2D eigenvalue weighted by atomic mass is 10.2. The van der Waals surface area contributed by atoms with Gasteiger partial charge in [-0.25, -0.2) is 9.66 Å². The van der Waals surface area contributed by atoms with Crippen molar-refractivity contribution in [1.29, 1.82) is 0 Å². The number of nitrogen functional groups attached to an aromatic ring is 1. The van der Waals surface area contributed by atoms with Crippen LogP contribution in [0.1, 0.15) is 12.5 Å². The maximum atomic E-state index is 12.7. The number of rotatable bonds is 6. The van der Waals surface area contributed by atoms with Gasteiger partial charge in [0.2, 0.25) is 5.91 Å². The average Bonchev–Trinajstić information content (AvgIpc) is 3.03. The van der Waals surface area contributed by atoms with Crippen molar-refractivity contribution in [2.45, 2.75) is 23.9 Å². The Labute approximate surface area is 157 Å². The molecule has 0 saturated heterocycles. The lowest BCUT2D eigenvalue weighted by Crippen LogP contribution is -2.33. The molecule has 0 aliphatic carbocycles. The van der Waals surface area contributed by atoms with Crippen LogP contribution in [0.4, 0.5) is 0 Å². The van der Waals surface area contributed by atoms with E-state index in [0.717, 1.165) is 16.8 Å². The molecule has 1 atom stereocenters. The van der Waals surface area contributed by atoms with E-state index in [-0.39, 0.29) is 11.2 Å². The molecule has 26 heavy (non-hydrogen) atoms. The van der Waals surface area contributed by atoms with Gasteiger partial charge in [-0.05, 0) is 12.5 Å². The van der Waals surface area contributed by atoms with Gasteiger partial charge >= 0.3 is 0 Å². The molecule has 0 fully saturated rings.